The molecule has 7 heteroatoms. The van der Waals surface area contributed by atoms with E-state index in [2.05, 4.69) is 10.6 Å². The summed E-state index contributed by atoms with van der Waals surface area (Å²) in [6, 6.07) is 4.09. The molecular formula is C15H21ClN4O2. The van der Waals surface area contributed by atoms with Crippen LogP contribution >= 0.6 is 11.6 Å². The number of nitrogen functional groups attached to an aromatic ring is 1. The number of Topliss-reactive ketones (excluding diaryl/α,β-unsaturated/α-hetero) is 1. The van der Waals surface area contributed by atoms with Crippen molar-refractivity contribution in [2.75, 3.05) is 25.4 Å². The molecule has 2 rings (SSSR count). The second kappa shape index (κ2) is 7.58. The smallest absolute Gasteiger partial charge is 0.253 e. The van der Waals surface area contributed by atoms with E-state index in [0.717, 1.165) is 25.9 Å². The number of nitrogens with one attached hydrogen (secondary N) is 2. The first-order valence-electron chi connectivity index (χ1n) is 7.31. The normalized spacial score (nSPS) is 17.0. The first-order valence-corrected chi connectivity index (χ1v) is 7.69. The Morgan fingerprint density at radius 2 is 2.05 bits per heavy atom. The third-order valence-corrected chi connectivity index (χ3v) is 4.18. The molecule has 0 aliphatic carbocycles. The number of amides is 1. The molecule has 1 aromatic rings. The van der Waals surface area contributed by atoms with Gasteiger partial charge < -0.3 is 22.1 Å². The van der Waals surface area contributed by atoms with Crippen LogP contribution < -0.4 is 22.1 Å². The van der Waals surface area contributed by atoms with Gasteiger partial charge in [0.15, 0.2) is 5.78 Å². The summed E-state index contributed by atoms with van der Waals surface area (Å²) in [6.45, 7) is 1.64. The van der Waals surface area contributed by atoms with Gasteiger partial charge in [-0.15, -0.1) is 0 Å². The Kier molecular flexibility index (Phi) is 5.76. The number of ketones is 1. The van der Waals surface area contributed by atoms with Gasteiger partial charge in [-0.3, -0.25) is 9.59 Å². The minimum Gasteiger partial charge on any atom is -0.398 e. The van der Waals surface area contributed by atoms with Gasteiger partial charge in [-0.1, -0.05) is 11.6 Å². The van der Waals surface area contributed by atoms with E-state index >= 15 is 0 Å². The zero-order valence-corrected chi connectivity index (χ0v) is 13.0. The van der Waals surface area contributed by atoms with Crippen LogP contribution in [-0.4, -0.2) is 37.4 Å². The molecule has 120 valence electrons. The number of piperidine rings is 1. The SMILES string of the molecule is Nc1ccc(Cl)cc1C(=O)NCC(=O)C(N)C1CCNCC1. The van der Waals surface area contributed by atoms with Crippen LogP contribution in [0, 0.1) is 5.92 Å². The minimum absolute atomic E-state index is 0.101. The molecule has 1 amide bonds. The number of halogens is 1. The van der Waals surface area contributed by atoms with Crippen LogP contribution in [0.25, 0.3) is 0 Å². The number of carbonyl (C=O) groups is 2. The van der Waals surface area contributed by atoms with Crippen molar-refractivity contribution < 1.29 is 9.59 Å². The van der Waals surface area contributed by atoms with Crippen molar-refractivity contribution in [1.82, 2.24) is 10.6 Å². The maximum absolute atomic E-state index is 12.1. The Hall–Kier alpha value is -1.63. The Morgan fingerprint density at radius 3 is 2.73 bits per heavy atom. The van der Waals surface area contributed by atoms with Crippen LogP contribution in [-0.2, 0) is 4.79 Å². The minimum atomic E-state index is -0.542. The molecule has 1 aliphatic heterocycles. The molecule has 0 saturated carbocycles. The van der Waals surface area contributed by atoms with Gasteiger partial charge in [-0.2, -0.15) is 0 Å². The Labute approximate surface area is 134 Å². The Morgan fingerprint density at radius 1 is 1.36 bits per heavy atom. The average molecular weight is 325 g/mol. The maximum atomic E-state index is 12.1. The van der Waals surface area contributed by atoms with Crippen LogP contribution in [0.4, 0.5) is 5.69 Å². The van der Waals surface area contributed by atoms with Gasteiger partial charge in [-0.05, 0) is 50.0 Å². The monoisotopic (exact) mass is 324 g/mol. The molecule has 1 saturated heterocycles. The number of carbonyl (C=O) groups excluding carboxylic acids is 2. The molecule has 0 aromatic heterocycles. The molecular weight excluding hydrogens is 304 g/mol. The molecule has 1 fully saturated rings. The van der Waals surface area contributed by atoms with E-state index in [1.54, 1.807) is 12.1 Å². The van der Waals surface area contributed by atoms with E-state index in [9.17, 15) is 9.59 Å². The molecule has 1 atom stereocenters. The second-order valence-corrected chi connectivity index (χ2v) is 5.93. The molecule has 1 heterocycles. The maximum Gasteiger partial charge on any atom is 0.253 e. The van der Waals surface area contributed by atoms with Crippen molar-refractivity contribution in [3.63, 3.8) is 0 Å². The summed E-state index contributed by atoms with van der Waals surface area (Å²) in [6.07, 6.45) is 1.75. The van der Waals surface area contributed by atoms with E-state index in [4.69, 9.17) is 23.1 Å². The first-order chi connectivity index (χ1) is 10.5. The highest BCUT2D eigenvalue weighted by atomic mass is 35.5. The van der Waals surface area contributed by atoms with Crippen molar-refractivity contribution in [3.8, 4) is 0 Å². The number of hydrogen-bond acceptors (Lipinski definition) is 5. The van der Waals surface area contributed by atoms with Gasteiger partial charge in [0.2, 0.25) is 0 Å². The van der Waals surface area contributed by atoms with Crippen LogP contribution in [0.15, 0.2) is 18.2 Å². The lowest BCUT2D eigenvalue weighted by molar-refractivity contribution is -0.120. The number of rotatable bonds is 5. The number of anilines is 1. The fourth-order valence-electron chi connectivity index (χ4n) is 2.57. The summed E-state index contributed by atoms with van der Waals surface area (Å²) in [4.78, 5) is 24.2. The predicted molar refractivity (Wildman–Crippen MR) is 86.8 cm³/mol. The third kappa shape index (κ3) is 4.19. The van der Waals surface area contributed by atoms with Crippen LogP contribution in [0.5, 0.6) is 0 Å². The zero-order valence-electron chi connectivity index (χ0n) is 12.3. The van der Waals surface area contributed by atoms with Gasteiger partial charge in [0.05, 0.1) is 18.2 Å². The lowest BCUT2D eigenvalue weighted by atomic mass is 9.88. The summed E-state index contributed by atoms with van der Waals surface area (Å²) >= 11 is 5.85. The van der Waals surface area contributed by atoms with Crippen LogP contribution in [0.3, 0.4) is 0 Å². The van der Waals surface area contributed by atoms with Crippen molar-refractivity contribution in [1.29, 1.82) is 0 Å². The van der Waals surface area contributed by atoms with E-state index in [1.165, 1.54) is 6.07 Å². The Bertz CT molecular complexity index is 558. The average Bonchev–Trinajstić information content (AvgIpc) is 2.54. The standard InChI is InChI=1S/C15H21ClN4O2/c16-10-1-2-12(17)11(7-10)15(22)20-8-13(21)14(18)9-3-5-19-6-4-9/h1-2,7,9,14,19H,3-6,8,17-18H2,(H,20,22). The molecule has 22 heavy (non-hydrogen) atoms. The lowest BCUT2D eigenvalue weighted by Gasteiger charge is -2.27. The Balaban J connectivity index is 1.90. The first kappa shape index (κ1) is 16.7. The van der Waals surface area contributed by atoms with Crippen molar-refractivity contribution in [3.05, 3.63) is 28.8 Å². The molecule has 1 aliphatic rings. The molecule has 6 nitrogen and oxygen atoms in total. The third-order valence-electron chi connectivity index (χ3n) is 3.95. The number of hydrogen-bond donors (Lipinski definition) is 4. The van der Waals surface area contributed by atoms with E-state index in [-0.39, 0.29) is 23.8 Å². The van der Waals surface area contributed by atoms with Crippen molar-refractivity contribution >= 4 is 29.0 Å². The van der Waals surface area contributed by atoms with Crippen molar-refractivity contribution in [2.24, 2.45) is 11.7 Å². The van der Waals surface area contributed by atoms with Gasteiger partial charge in [0.1, 0.15) is 0 Å². The van der Waals surface area contributed by atoms with Crippen molar-refractivity contribution in [2.45, 2.75) is 18.9 Å². The fourth-order valence-corrected chi connectivity index (χ4v) is 2.74. The molecule has 0 radical (unpaired) electrons. The summed E-state index contributed by atoms with van der Waals surface area (Å²) in [5.41, 5.74) is 12.3. The summed E-state index contributed by atoms with van der Waals surface area (Å²) in [5.74, 6) is -0.423. The topological polar surface area (TPSA) is 110 Å². The van der Waals surface area contributed by atoms with Crippen LogP contribution in [0.2, 0.25) is 5.02 Å². The summed E-state index contributed by atoms with van der Waals surface area (Å²) < 4.78 is 0. The fraction of sp³-hybridized carbons (Fsp3) is 0.467. The van der Waals surface area contributed by atoms with Gasteiger partial charge in [-0.25, -0.2) is 0 Å². The molecule has 1 unspecified atom stereocenters. The largest absolute Gasteiger partial charge is 0.398 e. The van der Waals surface area contributed by atoms with Gasteiger partial charge in [0.25, 0.3) is 5.91 Å². The second-order valence-electron chi connectivity index (χ2n) is 5.49. The molecule has 0 bridgehead atoms. The highest BCUT2D eigenvalue weighted by Crippen LogP contribution is 2.18. The summed E-state index contributed by atoms with van der Waals surface area (Å²) in [5, 5.41) is 6.21. The highest BCUT2D eigenvalue weighted by molar-refractivity contribution is 6.31. The predicted octanol–water partition coefficient (Wildman–Crippen LogP) is 0.548. The number of benzene rings is 1. The quantitative estimate of drug-likeness (QED) is 0.591. The lowest BCUT2D eigenvalue weighted by Crippen LogP contribution is -2.47. The summed E-state index contributed by atoms with van der Waals surface area (Å²) in [7, 11) is 0. The van der Waals surface area contributed by atoms with Gasteiger partial charge in [0, 0.05) is 10.7 Å². The van der Waals surface area contributed by atoms with Gasteiger partial charge >= 0.3 is 0 Å². The van der Waals surface area contributed by atoms with E-state index in [1.807, 2.05) is 0 Å². The molecule has 6 N–H and O–H groups in total. The zero-order chi connectivity index (χ0) is 16.1. The molecule has 0 spiro atoms. The van der Waals surface area contributed by atoms with E-state index < -0.39 is 11.9 Å². The number of nitrogens with two attached hydrogens (primary N) is 2. The highest BCUT2D eigenvalue weighted by Gasteiger charge is 2.26. The molecule has 1 aromatic carbocycles. The van der Waals surface area contributed by atoms with E-state index in [0.29, 0.717) is 10.7 Å². The van der Waals surface area contributed by atoms with Crippen LogP contribution in [0.1, 0.15) is 23.2 Å².